The molecular weight excluding hydrogens is 268 g/mol. The number of anilines is 1. The summed E-state index contributed by atoms with van der Waals surface area (Å²) in [5.74, 6) is -0.968. The highest BCUT2D eigenvalue weighted by Gasteiger charge is 1.98. The van der Waals surface area contributed by atoms with Crippen molar-refractivity contribution < 1.29 is 14.7 Å². The number of carbonyl (C=O) groups excluding carboxylic acids is 1. The molecular formula is C16H22N2O3. The van der Waals surface area contributed by atoms with E-state index in [-0.39, 0.29) is 12.3 Å². The van der Waals surface area contributed by atoms with Crippen molar-refractivity contribution in [1.82, 2.24) is 5.32 Å². The predicted octanol–water partition coefficient (Wildman–Crippen LogP) is 2.14. The van der Waals surface area contributed by atoms with Gasteiger partial charge in [0, 0.05) is 38.8 Å². The lowest BCUT2D eigenvalue weighted by atomic mass is 10.2. The molecule has 0 bridgehead atoms. The third-order valence-electron chi connectivity index (χ3n) is 2.95. The molecule has 2 N–H and O–H groups in total. The molecule has 0 aliphatic carbocycles. The van der Waals surface area contributed by atoms with Crippen LogP contribution in [0.15, 0.2) is 30.3 Å². The SMILES string of the molecule is CN(C)c1ccc(C=CC(=O)NCCCCC(=O)O)cc1. The first-order valence-corrected chi connectivity index (χ1v) is 6.94. The lowest BCUT2D eigenvalue weighted by Gasteiger charge is -2.11. The van der Waals surface area contributed by atoms with Crippen molar-refractivity contribution >= 4 is 23.6 Å². The minimum Gasteiger partial charge on any atom is -0.481 e. The van der Waals surface area contributed by atoms with Crippen molar-refractivity contribution in [1.29, 1.82) is 0 Å². The summed E-state index contributed by atoms with van der Waals surface area (Å²) >= 11 is 0. The van der Waals surface area contributed by atoms with Gasteiger partial charge in [-0.25, -0.2) is 0 Å². The summed E-state index contributed by atoms with van der Waals surface area (Å²) in [5.41, 5.74) is 2.07. The maximum atomic E-state index is 11.6. The molecule has 0 aromatic heterocycles. The molecule has 21 heavy (non-hydrogen) atoms. The van der Waals surface area contributed by atoms with E-state index < -0.39 is 5.97 Å². The summed E-state index contributed by atoms with van der Waals surface area (Å²) in [5, 5.41) is 11.2. The summed E-state index contributed by atoms with van der Waals surface area (Å²) in [4.78, 5) is 23.9. The molecule has 114 valence electrons. The minimum atomic E-state index is -0.803. The van der Waals surface area contributed by atoms with E-state index >= 15 is 0 Å². The number of amides is 1. The van der Waals surface area contributed by atoms with Crippen LogP contribution in [-0.4, -0.2) is 37.6 Å². The van der Waals surface area contributed by atoms with Crippen molar-refractivity contribution in [2.45, 2.75) is 19.3 Å². The highest BCUT2D eigenvalue weighted by molar-refractivity contribution is 5.91. The van der Waals surface area contributed by atoms with E-state index in [1.165, 1.54) is 6.08 Å². The molecule has 0 unspecified atom stereocenters. The standard InChI is InChI=1S/C16H22N2O3/c1-18(2)14-9-6-13(7-10-14)8-11-15(19)17-12-4-3-5-16(20)21/h6-11H,3-5,12H2,1-2H3,(H,17,19)(H,20,21). The van der Waals surface area contributed by atoms with Crippen LogP contribution in [0.25, 0.3) is 6.08 Å². The number of rotatable bonds is 8. The molecule has 0 saturated heterocycles. The molecule has 0 fully saturated rings. The summed E-state index contributed by atoms with van der Waals surface area (Å²) in [6.45, 7) is 0.496. The van der Waals surface area contributed by atoms with Crippen LogP contribution in [-0.2, 0) is 9.59 Å². The Hall–Kier alpha value is -2.30. The molecule has 1 rings (SSSR count). The highest BCUT2D eigenvalue weighted by atomic mass is 16.4. The van der Waals surface area contributed by atoms with Gasteiger partial charge in [0.15, 0.2) is 0 Å². The second kappa shape index (κ2) is 8.79. The summed E-state index contributed by atoms with van der Waals surface area (Å²) in [6.07, 6.45) is 4.63. The third-order valence-corrected chi connectivity index (χ3v) is 2.95. The minimum absolute atomic E-state index is 0.143. The number of hydrogen-bond acceptors (Lipinski definition) is 3. The first kappa shape index (κ1) is 16.8. The summed E-state index contributed by atoms with van der Waals surface area (Å²) in [7, 11) is 3.95. The molecule has 0 spiro atoms. The van der Waals surface area contributed by atoms with E-state index in [0.29, 0.717) is 19.4 Å². The number of carboxylic acid groups (broad SMARTS) is 1. The third kappa shape index (κ3) is 7.15. The molecule has 1 amide bonds. The topological polar surface area (TPSA) is 69.6 Å². The Morgan fingerprint density at radius 3 is 2.43 bits per heavy atom. The highest BCUT2D eigenvalue weighted by Crippen LogP contribution is 2.12. The maximum absolute atomic E-state index is 11.6. The van der Waals surface area contributed by atoms with Crippen LogP contribution in [0.3, 0.4) is 0 Å². The van der Waals surface area contributed by atoms with Gasteiger partial charge in [-0.15, -0.1) is 0 Å². The van der Waals surface area contributed by atoms with Crippen LogP contribution in [0.4, 0.5) is 5.69 Å². The first-order chi connectivity index (χ1) is 9.99. The van der Waals surface area contributed by atoms with Gasteiger partial charge in [0.25, 0.3) is 0 Å². The average Bonchev–Trinajstić information content (AvgIpc) is 2.44. The molecule has 0 aliphatic rings. The van der Waals surface area contributed by atoms with Crippen LogP contribution < -0.4 is 10.2 Å². The monoisotopic (exact) mass is 290 g/mol. The van der Waals surface area contributed by atoms with Gasteiger partial charge in [-0.1, -0.05) is 12.1 Å². The number of benzene rings is 1. The Kier molecular flexibility index (Phi) is 7.01. The average molecular weight is 290 g/mol. The molecule has 5 nitrogen and oxygen atoms in total. The molecule has 1 aromatic rings. The largest absolute Gasteiger partial charge is 0.481 e. The van der Waals surface area contributed by atoms with Gasteiger partial charge >= 0.3 is 5.97 Å². The fraction of sp³-hybridized carbons (Fsp3) is 0.375. The molecule has 1 aromatic carbocycles. The molecule has 5 heteroatoms. The zero-order chi connectivity index (χ0) is 15.7. The molecule has 0 atom stereocenters. The molecule has 0 heterocycles. The predicted molar refractivity (Wildman–Crippen MR) is 84.3 cm³/mol. The van der Waals surface area contributed by atoms with Crippen LogP contribution >= 0.6 is 0 Å². The Labute approximate surface area is 125 Å². The van der Waals surface area contributed by atoms with E-state index in [2.05, 4.69) is 5.32 Å². The summed E-state index contributed by atoms with van der Waals surface area (Å²) < 4.78 is 0. The van der Waals surface area contributed by atoms with E-state index in [1.807, 2.05) is 43.3 Å². The van der Waals surface area contributed by atoms with Crippen LogP contribution in [0.2, 0.25) is 0 Å². The lowest BCUT2D eigenvalue weighted by Crippen LogP contribution is -2.22. The fourth-order valence-electron chi connectivity index (χ4n) is 1.73. The van der Waals surface area contributed by atoms with Crippen LogP contribution in [0.5, 0.6) is 0 Å². The van der Waals surface area contributed by atoms with Crippen LogP contribution in [0.1, 0.15) is 24.8 Å². The normalized spacial score (nSPS) is 10.6. The van der Waals surface area contributed by atoms with Crippen molar-refractivity contribution in [2.75, 3.05) is 25.5 Å². The van der Waals surface area contributed by atoms with Gasteiger partial charge in [-0.2, -0.15) is 0 Å². The molecule has 0 radical (unpaired) electrons. The summed E-state index contributed by atoms with van der Waals surface area (Å²) in [6, 6.07) is 7.88. The lowest BCUT2D eigenvalue weighted by molar-refractivity contribution is -0.137. The fourth-order valence-corrected chi connectivity index (χ4v) is 1.73. The Morgan fingerprint density at radius 2 is 1.86 bits per heavy atom. The van der Waals surface area contributed by atoms with E-state index in [4.69, 9.17) is 5.11 Å². The van der Waals surface area contributed by atoms with Gasteiger partial charge < -0.3 is 15.3 Å². The van der Waals surface area contributed by atoms with E-state index in [0.717, 1.165) is 11.3 Å². The quantitative estimate of drug-likeness (QED) is 0.568. The van der Waals surface area contributed by atoms with E-state index in [9.17, 15) is 9.59 Å². The zero-order valence-corrected chi connectivity index (χ0v) is 12.5. The zero-order valence-electron chi connectivity index (χ0n) is 12.5. The van der Waals surface area contributed by atoms with Gasteiger partial charge in [0.1, 0.15) is 0 Å². The second-order valence-corrected chi connectivity index (χ2v) is 4.96. The Bertz CT molecular complexity index is 493. The number of nitrogens with zero attached hydrogens (tertiary/aromatic N) is 1. The number of carboxylic acids is 1. The van der Waals surface area contributed by atoms with Gasteiger partial charge in [-0.05, 0) is 36.6 Å². The number of unbranched alkanes of at least 4 members (excludes halogenated alkanes) is 1. The smallest absolute Gasteiger partial charge is 0.303 e. The van der Waals surface area contributed by atoms with Crippen molar-refractivity contribution in [2.24, 2.45) is 0 Å². The van der Waals surface area contributed by atoms with Crippen molar-refractivity contribution in [3.63, 3.8) is 0 Å². The number of aliphatic carboxylic acids is 1. The van der Waals surface area contributed by atoms with Crippen LogP contribution in [0, 0.1) is 0 Å². The van der Waals surface area contributed by atoms with Crippen molar-refractivity contribution in [3.05, 3.63) is 35.9 Å². The van der Waals surface area contributed by atoms with Gasteiger partial charge in [0.2, 0.25) is 5.91 Å². The second-order valence-electron chi connectivity index (χ2n) is 4.96. The molecule has 0 aliphatic heterocycles. The first-order valence-electron chi connectivity index (χ1n) is 6.94. The Morgan fingerprint density at radius 1 is 1.19 bits per heavy atom. The number of nitrogens with one attached hydrogen (secondary N) is 1. The van der Waals surface area contributed by atoms with Gasteiger partial charge in [0.05, 0.1) is 0 Å². The van der Waals surface area contributed by atoms with Gasteiger partial charge in [-0.3, -0.25) is 9.59 Å². The maximum Gasteiger partial charge on any atom is 0.303 e. The number of hydrogen-bond donors (Lipinski definition) is 2. The van der Waals surface area contributed by atoms with Crippen molar-refractivity contribution in [3.8, 4) is 0 Å². The number of carbonyl (C=O) groups is 2. The molecule has 0 saturated carbocycles. The van der Waals surface area contributed by atoms with E-state index in [1.54, 1.807) is 6.08 Å². The Balaban J connectivity index is 2.31.